The Morgan fingerprint density at radius 3 is 1.88 bits per heavy atom. The van der Waals surface area contributed by atoms with E-state index < -0.39 is 5.97 Å². The van der Waals surface area contributed by atoms with Crippen molar-refractivity contribution in [3.63, 3.8) is 0 Å². The summed E-state index contributed by atoms with van der Waals surface area (Å²) in [6, 6.07) is 7.15. The first-order chi connectivity index (χ1) is 8.06. The number of hydrogen-bond donors (Lipinski definition) is 1. The monoisotopic (exact) mass is 234 g/mol. The highest BCUT2D eigenvalue weighted by atomic mass is 16.4. The summed E-state index contributed by atoms with van der Waals surface area (Å²) in [7, 11) is 0. The molecule has 17 heavy (non-hydrogen) atoms. The summed E-state index contributed by atoms with van der Waals surface area (Å²) < 4.78 is 0. The number of aliphatic carboxylic acids is 1. The Morgan fingerprint density at radius 1 is 1.18 bits per heavy atom. The molecule has 0 spiro atoms. The Bertz CT molecular complexity index is 352. The van der Waals surface area contributed by atoms with E-state index in [4.69, 9.17) is 9.90 Å². The third-order valence-corrected chi connectivity index (χ3v) is 2.94. The van der Waals surface area contributed by atoms with Gasteiger partial charge in [0, 0.05) is 6.92 Å². The van der Waals surface area contributed by atoms with Crippen LogP contribution in [0.25, 0.3) is 0 Å². The molecule has 0 aliphatic heterocycles. The van der Waals surface area contributed by atoms with Gasteiger partial charge in [-0.3, -0.25) is 4.79 Å². The van der Waals surface area contributed by atoms with Crippen molar-refractivity contribution >= 4 is 5.97 Å². The third kappa shape index (κ3) is 5.03. The summed E-state index contributed by atoms with van der Waals surface area (Å²) in [6.07, 6.45) is 5.17. The summed E-state index contributed by atoms with van der Waals surface area (Å²) in [5.41, 5.74) is 4.62. The molecule has 2 heteroatoms. The molecule has 0 aromatic heterocycles. The first-order valence-corrected chi connectivity index (χ1v) is 6.39. The number of rotatable bonds is 3. The molecule has 1 fully saturated rings. The Kier molecular flexibility index (Phi) is 5.20. The van der Waals surface area contributed by atoms with Crippen LogP contribution in [0.3, 0.4) is 0 Å². The fourth-order valence-corrected chi connectivity index (χ4v) is 1.85. The normalized spacial score (nSPS) is 13.8. The lowest BCUT2D eigenvalue weighted by Gasteiger charge is -2.06. The maximum absolute atomic E-state index is 9.00. The topological polar surface area (TPSA) is 37.3 Å². The smallest absolute Gasteiger partial charge is 0.300 e. The lowest BCUT2D eigenvalue weighted by atomic mass is 10.00. The van der Waals surface area contributed by atoms with Crippen LogP contribution in [0.5, 0.6) is 0 Å². The molecule has 1 aromatic rings. The summed E-state index contributed by atoms with van der Waals surface area (Å²) in [4.78, 5) is 9.00. The van der Waals surface area contributed by atoms with Crippen LogP contribution in [0.4, 0.5) is 0 Å². The third-order valence-electron chi connectivity index (χ3n) is 2.94. The van der Waals surface area contributed by atoms with Crippen LogP contribution in [-0.4, -0.2) is 11.1 Å². The number of carboxylic acid groups (broad SMARTS) is 1. The van der Waals surface area contributed by atoms with Gasteiger partial charge in [0.05, 0.1) is 0 Å². The molecule has 2 rings (SSSR count). The van der Waals surface area contributed by atoms with Gasteiger partial charge in [-0.2, -0.15) is 0 Å². The molecule has 0 amide bonds. The van der Waals surface area contributed by atoms with Gasteiger partial charge in [0.2, 0.25) is 0 Å². The summed E-state index contributed by atoms with van der Waals surface area (Å²) in [6.45, 7) is 5.57. The average Bonchev–Trinajstić information content (AvgIpc) is 3.11. The first-order valence-electron chi connectivity index (χ1n) is 6.39. The second kappa shape index (κ2) is 6.43. The van der Waals surface area contributed by atoms with Crippen molar-refractivity contribution in [2.45, 2.75) is 52.4 Å². The number of benzene rings is 1. The van der Waals surface area contributed by atoms with E-state index in [0.717, 1.165) is 12.8 Å². The van der Waals surface area contributed by atoms with Crippen molar-refractivity contribution in [3.8, 4) is 0 Å². The molecule has 0 radical (unpaired) electrons. The largest absolute Gasteiger partial charge is 0.481 e. The van der Waals surface area contributed by atoms with Gasteiger partial charge in [-0.1, -0.05) is 32.0 Å². The predicted molar refractivity (Wildman–Crippen MR) is 70.5 cm³/mol. The van der Waals surface area contributed by atoms with Crippen molar-refractivity contribution in [3.05, 3.63) is 34.9 Å². The Morgan fingerprint density at radius 2 is 1.59 bits per heavy atom. The summed E-state index contributed by atoms with van der Waals surface area (Å²) >= 11 is 0. The molecular weight excluding hydrogens is 212 g/mol. The van der Waals surface area contributed by atoms with E-state index in [9.17, 15) is 0 Å². The fourth-order valence-electron chi connectivity index (χ4n) is 1.85. The van der Waals surface area contributed by atoms with E-state index in [-0.39, 0.29) is 0 Å². The standard InChI is InChI=1S/C13H18.C2H4O2/c1-3-10-7-11(4-2)9-13(8-10)12-5-6-12;1-2(3)4/h7-9,12H,3-6H2,1-2H3;1H3,(H,3,4). The molecule has 94 valence electrons. The molecule has 0 unspecified atom stereocenters. The zero-order chi connectivity index (χ0) is 12.8. The van der Waals surface area contributed by atoms with Crippen LogP contribution in [-0.2, 0) is 17.6 Å². The molecule has 1 saturated carbocycles. The van der Waals surface area contributed by atoms with Gasteiger partial charge in [-0.05, 0) is 48.3 Å². The molecule has 0 atom stereocenters. The minimum Gasteiger partial charge on any atom is -0.481 e. The quantitative estimate of drug-likeness (QED) is 0.864. The number of aryl methyl sites for hydroxylation is 2. The Hall–Kier alpha value is -1.31. The van der Waals surface area contributed by atoms with Crippen LogP contribution in [0, 0.1) is 0 Å². The lowest BCUT2D eigenvalue weighted by Crippen LogP contribution is -1.90. The molecule has 1 aromatic carbocycles. The van der Waals surface area contributed by atoms with Gasteiger partial charge in [0.25, 0.3) is 5.97 Å². The van der Waals surface area contributed by atoms with E-state index in [1.165, 1.54) is 36.8 Å². The number of hydrogen-bond acceptors (Lipinski definition) is 1. The number of carbonyl (C=O) groups is 1. The lowest BCUT2D eigenvalue weighted by molar-refractivity contribution is -0.134. The molecule has 1 aliphatic carbocycles. The Balaban J connectivity index is 0.000000317. The first kappa shape index (κ1) is 13.8. The zero-order valence-electron chi connectivity index (χ0n) is 11.0. The number of carboxylic acids is 1. The van der Waals surface area contributed by atoms with Crippen molar-refractivity contribution < 1.29 is 9.90 Å². The van der Waals surface area contributed by atoms with Crippen molar-refractivity contribution in [2.24, 2.45) is 0 Å². The van der Waals surface area contributed by atoms with Crippen LogP contribution < -0.4 is 0 Å². The van der Waals surface area contributed by atoms with E-state index in [1.807, 2.05) is 0 Å². The van der Waals surface area contributed by atoms with Gasteiger partial charge >= 0.3 is 0 Å². The van der Waals surface area contributed by atoms with Crippen LogP contribution in [0.15, 0.2) is 18.2 Å². The fraction of sp³-hybridized carbons (Fsp3) is 0.533. The van der Waals surface area contributed by atoms with Crippen molar-refractivity contribution in [1.82, 2.24) is 0 Å². The molecule has 0 saturated heterocycles. The highest BCUT2D eigenvalue weighted by molar-refractivity contribution is 5.62. The van der Waals surface area contributed by atoms with E-state index in [2.05, 4.69) is 32.0 Å². The second-order valence-electron chi connectivity index (χ2n) is 4.58. The zero-order valence-corrected chi connectivity index (χ0v) is 11.0. The highest BCUT2D eigenvalue weighted by Gasteiger charge is 2.23. The van der Waals surface area contributed by atoms with Crippen LogP contribution >= 0.6 is 0 Å². The van der Waals surface area contributed by atoms with Gasteiger partial charge < -0.3 is 5.11 Å². The minimum atomic E-state index is -0.833. The van der Waals surface area contributed by atoms with E-state index in [0.29, 0.717) is 0 Å². The summed E-state index contributed by atoms with van der Waals surface area (Å²) in [5.74, 6) is 0.0665. The maximum Gasteiger partial charge on any atom is 0.300 e. The predicted octanol–water partition coefficient (Wildman–Crippen LogP) is 3.78. The van der Waals surface area contributed by atoms with Gasteiger partial charge in [-0.25, -0.2) is 0 Å². The molecular formula is C15H22O2. The van der Waals surface area contributed by atoms with Gasteiger partial charge in [-0.15, -0.1) is 0 Å². The minimum absolute atomic E-state index is 0.833. The molecule has 0 heterocycles. The van der Waals surface area contributed by atoms with E-state index in [1.54, 1.807) is 5.56 Å². The summed E-state index contributed by atoms with van der Waals surface area (Å²) in [5, 5.41) is 7.42. The van der Waals surface area contributed by atoms with Crippen LogP contribution in [0.1, 0.15) is 56.2 Å². The van der Waals surface area contributed by atoms with Crippen molar-refractivity contribution in [2.75, 3.05) is 0 Å². The molecule has 0 bridgehead atoms. The molecule has 2 nitrogen and oxygen atoms in total. The van der Waals surface area contributed by atoms with Crippen molar-refractivity contribution in [1.29, 1.82) is 0 Å². The second-order valence-corrected chi connectivity index (χ2v) is 4.58. The Labute approximate surface area is 104 Å². The van der Waals surface area contributed by atoms with E-state index >= 15 is 0 Å². The molecule has 1 N–H and O–H groups in total. The molecule has 1 aliphatic rings. The van der Waals surface area contributed by atoms with Crippen LogP contribution in [0.2, 0.25) is 0 Å². The SMILES string of the molecule is CC(=O)O.CCc1cc(CC)cc(C2CC2)c1. The average molecular weight is 234 g/mol. The highest BCUT2D eigenvalue weighted by Crippen LogP contribution is 2.40. The van der Waals surface area contributed by atoms with Gasteiger partial charge in [0.15, 0.2) is 0 Å². The maximum atomic E-state index is 9.00. The van der Waals surface area contributed by atoms with Gasteiger partial charge in [0.1, 0.15) is 0 Å².